The Morgan fingerprint density at radius 1 is 0.909 bits per heavy atom. The summed E-state index contributed by atoms with van der Waals surface area (Å²) in [6.07, 6.45) is 0.546. The maximum atomic E-state index is 12.4. The van der Waals surface area contributed by atoms with E-state index in [0.717, 1.165) is 10.9 Å². The fourth-order valence-corrected chi connectivity index (χ4v) is 3.40. The van der Waals surface area contributed by atoms with Crippen LogP contribution >= 0.6 is 0 Å². The first kappa shape index (κ1) is 14.8. The van der Waals surface area contributed by atoms with Gasteiger partial charge in [0.2, 0.25) is 0 Å². The first-order valence-electron chi connectivity index (χ1n) is 7.00. The third kappa shape index (κ3) is 3.18. The predicted octanol–water partition coefficient (Wildman–Crippen LogP) is 3.59. The minimum Gasteiger partial charge on any atom is -0.266 e. The van der Waals surface area contributed by atoms with Gasteiger partial charge in [0.05, 0.1) is 6.61 Å². The molecule has 3 rings (SSSR count). The Kier molecular flexibility index (Phi) is 4.22. The molecular weight excluding hydrogens is 296 g/mol. The van der Waals surface area contributed by atoms with E-state index in [0.29, 0.717) is 11.8 Å². The smallest absolute Gasteiger partial charge is 0.266 e. The summed E-state index contributed by atoms with van der Waals surface area (Å²) >= 11 is 0. The van der Waals surface area contributed by atoms with Gasteiger partial charge in [-0.15, -0.1) is 0 Å². The molecule has 0 fully saturated rings. The van der Waals surface area contributed by atoms with Crippen LogP contribution in [0, 0.1) is 6.07 Å². The lowest BCUT2D eigenvalue weighted by Crippen LogP contribution is -2.09. The molecular formula is C18H15O3S. The molecule has 3 aromatic carbocycles. The molecule has 3 aromatic rings. The zero-order chi connectivity index (χ0) is 15.4. The summed E-state index contributed by atoms with van der Waals surface area (Å²) in [4.78, 5) is 0.0960. The number of rotatable bonds is 5. The highest BCUT2D eigenvalue weighted by Gasteiger charge is 2.18. The summed E-state index contributed by atoms with van der Waals surface area (Å²) < 4.78 is 29.9. The lowest BCUT2D eigenvalue weighted by atomic mass is 10.1. The van der Waals surface area contributed by atoms with E-state index >= 15 is 0 Å². The van der Waals surface area contributed by atoms with Crippen LogP contribution in [0.4, 0.5) is 0 Å². The molecule has 0 atom stereocenters. The first-order valence-corrected chi connectivity index (χ1v) is 8.40. The van der Waals surface area contributed by atoms with Gasteiger partial charge in [-0.05, 0) is 17.4 Å². The highest BCUT2D eigenvalue weighted by molar-refractivity contribution is 7.87. The van der Waals surface area contributed by atoms with Crippen molar-refractivity contribution < 1.29 is 12.6 Å². The van der Waals surface area contributed by atoms with Gasteiger partial charge in [0.1, 0.15) is 4.90 Å². The Bertz CT molecular complexity index is 866. The van der Waals surface area contributed by atoms with Crippen LogP contribution in [0.5, 0.6) is 0 Å². The van der Waals surface area contributed by atoms with Crippen molar-refractivity contribution in [3.05, 3.63) is 78.4 Å². The summed E-state index contributed by atoms with van der Waals surface area (Å²) in [6, 6.07) is 23.2. The zero-order valence-corrected chi connectivity index (χ0v) is 12.7. The molecule has 0 amide bonds. The van der Waals surface area contributed by atoms with E-state index in [1.807, 2.05) is 48.5 Å². The van der Waals surface area contributed by atoms with E-state index in [9.17, 15) is 8.42 Å². The van der Waals surface area contributed by atoms with Crippen LogP contribution < -0.4 is 0 Å². The molecule has 0 saturated heterocycles. The fraction of sp³-hybridized carbons (Fsp3) is 0.111. The molecule has 0 spiro atoms. The molecule has 111 valence electrons. The van der Waals surface area contributed by atoms with E-state index in [1.165, 1.54) is 0 Å². The maximum absolute atomic E-state index is 12.4. The largest absolute Gasteiger partial charge is 0.298 e. The second-order valence-electron chi connectivity index (χ2n) is 4.91. The van der Waals surface area contributed by atoms with Crippen molar-refractivity contribution in [1.29, 1.82) is 0 Å². The second kappa shape index (κ2) is 6.30. The van der Waals surface area contributed by atoms with E-state index in [4.69, 9.17) is 4.18 Å². The first-order chi connectivity index (χ1) is 10.7. The van der Waals surface area contributed by atoms with Crippen molar-refractivity contribution in [3.63, 3.8) is 0 Å². The van der Waals surface area contributed by atoms with Crippen LogP contribution in [0.2, 0.25) is 0 Å². The number of benzene rings is 3. The molecule has 22 heavy (non-hydrogen) atoms. The van der Waals surface area contributed by atoms with Crippen molar-refractivity contribution in [2.45, 2.75) is 11.3 Å². The number of fused-ring (bicyclic) bond motifs is 1. The Morgan fingerprint density at radius 3 is 2.45 bits per heavy atom. The van der Waals surface area contributed by atoms with Gasteiger partial charge in [0.25, 0.3) is 10.1 Å². The Hall–Kier alpha value is -2.17. The van der Waals surface area contributed by atoms with E-state index in [1.54, 1.807) is 18.2 Å². The number of hydrogen-bond donors (Lipinski definition) is 0. The fourth-order valence-electron chi connectivity index (χ4n) is 2.31. The molecule has 0 N–H and O–H groups in total. The third-order valence-electron chi connectivity index (χ3n) is 3.40. The summed E-state index contributed by atoms with van der Waals surface area (Å²) in [7, 11) is -3.81. The van der Waals surface area contributed by atoms with Crippen molar-refractivity contribution in [2.75, 3.05) is 6.61 Å². The van der Waals surface area contributed by atoms with Gasteiger partial charge in [-0.3, -0.25) is 4.18 Å². The van der Waals surface area contributed by atoms with Crippen molar-refractivity contribution in [3.8, 4) is 0 Å². The minimum absolute atomic E-state index is 0.0960. The molecule has 0 saturated carbocycles. The van der Waals surface area contributed by atoms with Gasteiger partial charge in [-0.1, -0.05) is 66.7 Å². The average Bonchev–Trinajstić information content (AvgIpc) is 2.55. The summed E-state index contributed by atoms with van der Waals surface area (Å²) in [5.74, 6) is 0. The van der Waals surface area contributed by atoms with Crippen molar-refractivity contribution in [1.82, 2.24) is 0 Å². The van der Waals surface area contributed by atoms with E-state index in [2.05, 4.69) is 6.07 Å². The molecule has 0 aliphatic carbocycles. The molecule has 0 aliphatic rings. The molecule has 0 aliphatic heterocycles. The predicted molar refractivity (Wildman–Crippen MR) is 86.1 cm³/mol. The van der Waals surface area contributed by atoms with Gasteiger partial charge in [-0.2, -0.15) is 8.42 Å². The van der Waals surface area contributed by atoms with Gasteiger partial charge in [0.15, 0.2) is 0 Å². The van der Waals surface area contributed by atoms with Crippen LogP contribution in [0.25, 0.3) is 10.8 Å². The highest BCUT2D eigenvalue weighted by atomic mass is 32.2. The Morgan fingerprint density at radius 2 is 1.64 bits per heavy atom. The molecule has 0 unspecified atom stereocenters. The molecule has 4 heteroatoms. The molecule has 0 bridgehead atoms. The van der Waals surface area contributed by atoms with Crippen LogP contribution in [-0.2, 0) is 20.7 Å². The van der Waals surface area contributed by atoms with Gasteiger partial charge < -0.3 is 0 Å². The standard InChI is InChI=1S/C18H15O3S/c19-22(20,21-14-13-15-7-2-1-3-8-15)18-12-6-10-16-9-4-5-11-17(16)18/h1-11H,13-14H2. The normalized spacial score (nSPS) is 11.6. The van der Waals surface area contributed by atoms with Gasteiger partial charge >= 0.3 is 0 Å². The second-order valence-corrected chi connectivity index (χ2v) is 6.46. The average molecular weight is 311 g/mol. The van der Waals surface area contributed by atoms with Gasteiger partial charge in [0, 0.05) is 11.5 Å². The van der Waals surface area contributed by atoms with Crippen LogP contribution in [-0.4, -0.2) is 15.0 Å². The monoisotopic (exact) mass is 311 g/mol. The molecule has 1 radical (unpaired) electrons. The minimum atomic E-state index is -3.81. The number of hydrogen-bond acceptors (Lipinski definition) is 3. The maximum Gasteiger partial charge on any atom is 0.298 e. The van der Waals surface area contributed by atoms with Gasteiger partial charge in [-0.25, -0.2) is 0 Å². The topological polar surface area (TPSA) is 43.4 Å². The van der Waals surface area contributed by atoms with Crippen LogP contribution in [0.15, 0.2) is 71.6 Å². The summed E-state index contributed by atoms with van der Waals surface area (Å²) in [5, 5.41) is 1.48. The molecule has 0 heterocycles. The molecule has 0 aromatic heterocycles. The Balaban J connectivity index is 1.80. The van der Waals surface area contributed by atoms with E-state index < -0.39 is 10.1 Å². The third-order valence-corrected chi connectivity index (χ3v) is 4.72. The zero-order valence-electron chi connectivity index (χ0n) is 11.9. The van der Waals surface area contributed by atoms with E-state index in [-0.39, 0.29) is 11.5 Å². The van der Waals surface area contributed by atoms with Crippen LogP contribution in [0.3, 0.4) is 0 Å². The lowest BCUT2D eigenvalue weighted by molar-refractivity contribution is 0.322. The van der Waals surface area contributed by atoms with Crippen LogP contribution in [0.1, 0.15) is 5.56 Å². The highest BCUT2D eigenvalue weighted by Crippen LogP contribution is 2.23. The quantitative estimate of drug-likeness (QED) is 0.676. The summed E-state index contributed by atoms with van der Waals surface area (Å²) in [6.45, 7) is 0.114. The Labute approximate surface area is 130 Å². The summed E-state index contributed by atoms with van der Waals surface area (Å²) in [5.41, 5.74) is 1.04. The van der Waals surface area contributed by atoms with Crippen molar-refractivity contribution in [2.24, 2.45) is 0 Å². The van der Waals surface area contributed by atoms with Crippen molar-refractivity contribution >= 4 is 20.9 Å². The SMILES string of the molecule is O=S(=O)(OCCc1ccccc1)c1[c]ccc2ccccc12. The lowest BCUT2D eigenvalue weighted by Gasteiger charge is -2.08. The molecule has 3 nitrogen and oxygen atoms in total.